The third kappa shape index (κ3) is 3.82. The molecule has 6 rings (SSSR count). The topological polar surface area (TPSA) is 171 Å². The number of aromatic nitrogens is 10. The predicted molar refractivity (Wildman–Crippen MR) is 136 cm³/mol. The van der Waals surface area contributed by atoms with Gasteiger partial charge in [-0.25, -0.2) is 14.6 Å². The van der Waals surface area contributed by atoms with Gasteiger partial charge in [-0.05, 0) is 34.7 Å². The third-order valence-electron chi connectivity index (χ3n) is 5.95. The molecule has 5 aromatic heterocycles. The van der Waals surface area contributed by atoms with Crippen LogP contribution in [0.25, 0.3) is 39.5 Å². The van der Waals surface area contributed by atoms with E-state index in [1.54, 1.807) is 60.5 Å². The number of nitriles is 1. The average molecular weight is 503 g/mol. The summed E-state index contributed by atoms with van der Waals surface area (Å²) in [6, 6.07) is 17.9. The Hall–Kier alpha value is -5.77. The van der Waals surface area contributed by atoms with Crippen LogP contribution in [0.3, 0.4) is 0 Å². The molecule has 0 bridgehead atoms. The molecule has 0 saturated heterocycles. The monoisotopic (exact) mass is 502 g/mol. The van der Waals surface area contributed by atoms with Crippen molar-refractivity contribution in [3.8, 4) is 40.0 Å². The van der Waals surface area contributed by atoms with Gasteiger partial charge in [-0.3, -0.25) is 9.78 Å². The molecule has 13 nitrogen and oxygen atoms in total. The van der Waals surface area contributed by atoms with Gasteiger partial charge in [0.05, 0.1) is 22.9 Å². The number of anilines is 1. The number of nitrogens with two attached hydrogens (primary N) is 1. The summed E-state index contributed by atoms with van der Waals surface area (Å²) in [5, 5.41) is 26.3. The van der Waals surface area contributed by atoms with Crippen LogP contribution in [0.2, 0.25) is 0 Å². The quantitative estimate of drug-likeness (QED) is 0.366. The van der Waals surface area contributed by atoms with Crippen molar-refractivity contribution >= 4 is 11.6 Å². The fourth-order valence-electron chi connectivity index (χ4n) is 4.18. The zero-order valence-corrected chi connectivity index (χ0v) is 20.0. The molecule has 0 radical (unpaired) electrons. The molecule has 0 unspecified atom stereocenters. The summed E-state index contributed by atoms with van der Waals surface area (Å²) in [6.07, 6.45) is 3.34. The average Bonchev–Trinajstić information content (AvgIpc) is 3.58. The summed E-state index contributed by atoms with van der Waals surface area (Å²) in [5.41, 5.74) is 9.85. The zero-order valence-electron chi connectivity index (χ0n) is 20.0. The second kappa shape index (κ2) is 9.03. The first-order valence-corrected chi connectivity index (χ1v) is 11.4. The molecule has 0 amide bonds. The van der Waals surface area contributed by atoms with E-state index in [2.05, 4.69) is 36.7 Å². The van der Waals surface area contributed by atoms with Crippen LogP contribution in [0.15, 0.2) is 71.8 Å². The Kier molecular flexibility index (Phi) is 5.39. The molecule has 0 saturated carbocycles. The van der Waals surface area contributed by atoms with Crippen LogP contribution in [0, 0.1) is 11.3 Å². The molecular weight excluding hydrogens is 484 g/mol. The SMILES string of the molecule is Cn1cc(-c2c(-c3ccccc3C#N)nc(N)n3nc(Cn4nnnc4-c4ccccn4)nc23)ccc1=O. The van der Waals surface area contributed by atoms with E-state index in [9.17, 15) is 10.1 Å². The Labute approximate surface area is 214 Å². The van der Waals surface area contributed by atoms with Gasteiger partial charge in [-0.2, -0.15) is 9.78 Å². The molecule has 38 heavy (non-hydrogen) atoms. The molecule has 5 heterocycles. The number of nitrogens with zero attached hydrogens (tertiary/aromatic N) is 11. The minimum Gasteiger partial charge on any atom is -0.368 e. The van der Waals surface area contributed by atoms with Crippen LogP contribution < -0.4 is 11.3 Å². The highest BCUT2D eigenvalue weighted by Crippen LogP contribution is 2.35. The second-order valence-electron chi connectivity index (χ2n) is 8.36. The van der Waals surface area contributed by atoms with Crippen molar-refractivity contribution in [2.45, 2.75) is 6.54 Å². The van der Waals surface area contributed by atoms with Gasteiger partial charge in [0.2, 0.25) is 17.3 Å². The number of nitrogen functional groups attached to an aromatic ring is 1. The van der Waals surface area contributed by atoms with Gasteiger partial charge in [0.15, 0.2) is 11.5 Å². The molecule has 1 aromatic carbocycles. The summed E-state index contributed by atoms with van der Waals surface area (Å²) in [6.45, 7) is 0.136. The molecule has 2 N–H and O–H groups in total. The Morgan fingerprint density at radius 1 is 1.05 bits per heavy atom. The lowest BCUT2D eigenvalue weighted by molar-refractivity contribution is 0.627. The van der Waals surface area contributed by atoms with Crippen LogP contribution in [-0.2, 0) is 13.6 Å². The molecule has 0 fully saturated rings. The van der Waals surface area contributed by atoms with Crippen molar-refractivity contribution in [1.82, 2.24) is 49.3 Å². The minimum atomic E-state index is -0.171. The van der Waals surface area contributed by atoms with E-state index in [0.717, 1.165) is 0 Å². The lowest BCUT2D eigenvalue weighted by atomic mass is 9.98. The largest absolute Gasteiger partial charge is 0.368 e. The van der Waals surface area contributed by atoms with Crippen molar-refractivity contribution in [3.63, 3.8) is 0 Å². The van der Waals surface area contributed by atoms with E-state index in [1.807, 2.05) is 12.1 Å². The maximum atomic E-state index is 12.1. The number of aryl methyl sites for hydroxylation is 1. The molecule has 6 aromatic rings. The Morgan fingerprint density at radius 3 is 2.68 bits per heavy atom. The Morgan fingerprint density at radius 2 is 1.89 bits per heavy atom. The van der Waals surface area contributed by atoms with Crippen molar-refractivity contribution < 1.29 is 0 Å². The summed E-state index contributed by atoms with van der Waals surface area (Å²) in [4.78, 5) is 25.9. The summed E-state index contributed by atoms with van der Waals surface area (Å²) >= 11 is 0. The van der Waals surface area contributed by atoms with Gasteiger partial charge < -0.3 is 10.3 Å². The normalized spacial score (nSPS) is 11.1. The predicted octanol–water partition coefficient (Wildman–Crippen LogP) is 1.71. The van der Waals surface area contributed by atoms with Gasteiger partial charge >= 0.3 is 0 Å². The number of pyridine rings is 2. The third-order valence-corrected chi connectivity index (χ3v) is 5.95. The number of tetrazole rings is 1. The molecule has 13 heteroatoms. The summed E-state index contributed by atoms with van der Waals surface area (Å²) < 4.78 is 4.43. The highest BCUT2D eigenvalue weighted by atomic mass is 16.1. The molecule has 0 aliphatic rings. The Balaban J connectivity index is 1.57. The van der Waals surface area contributed by atoms with Gasteiger partial charge in [-0.15, -0.1) is 10.2 Å². The number of hydrogen-bond acceptors (Lipinski definition) is 10. The summed E-state index contributed by atoms with van der Waals surface area (Å²) in [5.74, 6) is 0.911. The Bertz CT molecular complexity index is 1910. The van der Waals surface area contributed by atoms with Crippen LogP contribution in [-0.4, -0.2) is 49.3 Å². The van der Waals surface area contributed by atoms with E-state index in [-0.39, 0.29) is 18.1 Å². The maximum Gasteiger partial charge on any atom is 0.250 e. The number of fused-ring (bicyclic) bond motifs is 1. The number of benzene rings is 1. The lowest BCUT2D eigenvalue weighted by Crippen LogP contribution is -2.14. The first kappa shape index (κ1) is 22.7. The molecule has 184 valence electrons. The van der Waals surface area contributed by atoms with Crippen molar-refractivity contribution in [2.24, 2.45) is 7.05 Å². The molecular formula is C25H18N12O. The molecule has 0 aliphatic heterocycles. The standard InChI is InChI=1S/C25H18N12O/c1-35-13-16(9-10-20(35)38)21-22(17-7-3-2-6-15(17)12-26)30-25(27)37-24(21)29-19(32-37)14-36-23(31-33-34-36)18-8-4-5-11-28-18/h2-11,13H,14H2,1H3,(H2,27,30). The van der Waals surface area contributed by atoms with E-state index in [1.165, 1.54) is 15.1 Å². The molecule has 0 aliphatic carbocycles. The van der Waals surface area contributed by atoms with Gasteiger partial charge in [0.1, 0.15) is 12.2 Å². The molecule has 0 spiro atoms. The number of hydrogen-bond donors (Lipinski definition) is 1. The van der Waals surface area contributed by atoms with Gasteiger partial charge in [0.25, 0.3) is 0 Å². The first-order chi connectivity index (χ1) is 18.5. The maximum absolute atomic E-state index is 12.1. The molecule has 0 atom stereocenters. The van der Waals surface area contributed by atoms with Crippen molar-refractivity contribution in [1.29, 1.82) is 5.26 Å². The zero-order chi connectivity index (χ0) is 26.2. The second-order valence-corrected chi connectivity index (χ2v) is 8.36. The highest BCUT2D eigenvalue weighted by Gasteiger charge is 2.23. The minimum absolute atomic E-state index is 0.0803. The lowest BCUT2D eigenvalue weighted by Gasteiger charge is -2.13. The first-order valence-electron chi connectivity index (χ1n) is 11.4. The van der Waals surface area contributed by atoms with Gasteiger partial charge in [0, 0.05) is 36.6 Å². The van der Waals surface area contributed by atoms with Crippen LogP contribution in [0.5, 0.6) is 0 Å². The van der Waals surface area contributed by atoms with E-state index in [4.69, 9.17) is 10.7 Å². The smallest absolute Gasteiger partial charge is 0.250 e. The van der Waals surface area contributed by atoms with E-state index in [0.29, 0.717) is 50.9 Å². The van der Waals surface area contributed by atoms with Gasteiger partial charge in [-0.1, -0.05) is 24.3 Å². The fraction of sp³-hybridized carbons (Fsp3) is 0.0800. The van der Waals surface area contributed by atoms with Crippen LogP contribution in [0.1, 0.15) is 11.4 Å². The van der Waals surface area contributed by atoms with E-state index < -0.39 is 0 Å². The fourth-order valence-corrected chi connectivity index (χ4v) is 4.18. The van der Waals surface area contributed by atoms with Crippen molar-refractivity contribution in [3.05, 3.63) is 88.7 Å². The number of rotatable bonds is 5. The highest BCUT2D eigenvalue weighted by molar-refractivity contribution is 5.91. The van der Waals surface area contributed by atoms with Crippen LogP contribution in [0.4, 0.5) is 5.95 Å². The summed E-state index contributed by atoms with van der Waals surface area (Å²) in [7, 11) is 1.66. The van der Waals surface area contributed by atoms with E-state index >= 15 is 0 Å². The van der Waals surface area contributed by atoms with Crippen molar-refractivity contribution in [2.75, 3.05) is 5.73 Å². The van der Waals surface area contributed by atoms with Crippen LogP contribution >= 0.6 is 0 Å².